The van der Waals surface area contributed by atoms with E-state index in [1.807, 2.05) is 30.3 Å². The second kappa shape index (κ2) is 5.50. The molecule has 1 unspecified atom stereocenters. The summed E-state index contributed by atoms with van der Waals surface area (Å²) in [5.41, 5.74) is 6.96. The first kappa shape index (κ1) is 13.7. The van der Waals surface area contributed by atoms with Crippen LogP contribution in [0.15, 0.2) is 6.20 Å². The van der Waals surface area contributed by atoms with Crippen molar-refractivity contribution in [2.45, 2.75) is 39.8 Å². The van der Waals surface area contributed by atoms with Crippen LogP contribution in [0.5, 0.6) is 0 Å². The van der Waals surface area contributed by atoms with Crippen molar-refractivity contribution >= 4 is 0 Å². The second-order valence-electron chi connectivity index (χ2n) is 4.69. The third-order valence-corrected chi connectivity index (χ3v) is 3.40. The molecule has 2 heterocycles. The Hall–Kier alpha value is -1.73. The Balaban J connectivity index is 2.47. The second-order valence-corrected chi connectivity index (χ2v) is 4.69. The average Bonchev–Trinajstić information content (AvgIpc) is 2.91. The molecule has 3 N–H and O–H groups in total. The molecule has 0 saturated carbocycles. The van der Waals surface area contributed by atoms with Gasteiger partial charge in [0.05, 0.1) is 23.6 Å². The van der Waals surface area contributed by atoms with E-state index in [2.05, 4.69) is 27.8 Å². The molecule has 2 rings (SSSR count). The molecule has 0 aliphatic rings. The van der Waals surface area contributed by atoms with Crippen molar-refractivity contribution in [2.24, 2.45) is 12.9 Å². The predicted molar refractivity (Wildman–Crippen MR) is 72.2 cm³/mol. The van der Waals surface area contributed by atoms with Crippen LogP contribution >= 0.6 is 0 Å². The third-order valence-electron chi connectivity index (χ3n) is 3.40. The highest BCUT2D eigenvalue weighted by Gasteiger charge is 2.24. The number of nitrogens with one attached hydrogen (secondary N) is 1. The molecule has 19 heavy (non-hydrogen) atoms. The first-order valence-electron chi connectivity index (χ1n) is 6.44. The van der Waals surface area contributed by atoms with Crippen molar-refractivity contribution in [1.82, 2.24) is 30.2 Å². The topological polar surface area (TPSA) is 86.6 Å². The van der Waals surface area contributed by atoms with Gasteiger partial charge in [0.1, 0.15) is 0 Å². The summed E-state index contributed by atoms with van der Waals surface area (Å²) >= 11 is 0. The number of aryl methyl sites for hydroxylation is 3. The molecule has 0 saturated heterocycles. The van der Waals surface area contributed by atoms with Crippen LogP contribution in [0.4, 0.5) is 0 Å². The molecule has 0 radical (unpaired) electrons. The fourth-order valence-corrected chi connectivity index (χ4v) is 2.40. The largest absolute Gasteiger partial charge is 0.272 e. The van der Waals surface area contributed by atoms with Gasteiger partial charge in [-0.25, -0.2) is 10.1 Å². The molecule has 7 heteroatoms. The summed E-state index contributed by atoms with van der Waals surface area (Å²) in [6, 6.07) is -0.143. The van der Waals surface area contributed by atoms with Crippen LogP contribution in [-0.2, 0) is 13.6 Å². The summed E-state index contributed by atoms with van der Waals surface area (Å²) in [4.78, 5) is 0. The van der Waals surface area contributed by atoms with E-state index in [0.717, 1.165) is 35.6 Å². The van der Waals surface area contributed by atoms with Crippen LogP contribution in [0.3, 0.4) is 0 Å². The first-order chi connectivity index (χ1) is 9.10. The lowest BCUT2D eigenvalue weighted by atomic mass is 10.0. The number of rotatable bonds is 5. The van der Waals surface area contributed by atoms with Crippen molar-refractivity contribution in [2.75, 3.05) is 0 Å². The molecule has 0 bridgehead atoms. The van der Waals surface area contributed by atoms with E-state index in [1.165, 1.54) is 0 Å². The molecule has 7 nitrogen and oxygen atoms in total. The zero-order chi connectivity index (χ0) is 14.0. The fourth-order valence-electron chi connectivity index (χ4n) is 2.40. The van der Waals surface area contributed by atoms with Crippen LogP contribution in [0.25, 0.3) is 0 Å². The number of hydrogen-bond donors (Lipinski definition) is 2. The van der Waals surface area contributed by atoms with Gasteiger partial charge in [0.2, 0.25) is 0 Å². The maximum Gasteiger partial charge on any atom is 0.0930 e. The Morgan fingerprint density at radius 2 is 2.16 bits per heavy atom. The van der Waals surface area contributed by atoms with Gasteiger partial charge in [0.15, 0.2) is 0 Å². The van der Waals surface area contributed by atoms with Gasteiger partial charge >= 0.3 is 0 Å². The highest BCUT2D eigenvalue weighted by Crippen LogP contribution is 2.26. The van der Waals surface area contributed by atoms with Crippen LogP contribution in [0.2, 0.25) is 0 Å². The highest BCUT2D eigenvalue weighted by atomic mass is 15.4. The summed E-state index contributed by atoms with van der Waals surface area (Å²) in [6.07, 6.45) is 2.75. The Bertz CT molecular complexity index is 554. The molecule has 0 aromatic carbocycles. The van der Waals surface area contributed by atoms with Gasteiger partial charge in [-0.1, -0.05) is 12.1 Å². The smallest absolute Gasteiger partial charge is 0.0930 e. The van der Waals surface area contributed by atoms with Gasteiger partial charge in [-0.2, -0.15) is 5.10 Å². The van der Waals surface area contributed by atoms with Crippen LogP contribution in [0, 0.1) is 13.8 Å². The monoisotopic (exact) mass is 263 g/mol. The molecule has 0 aliphatic heterocycles. The highest BCUT2D eigenvalue weighted by molar-refractivity contribution is 5.33. The van der Waals surface area contributed by atoms with Crippen LogP contribution in [0.1, 0.15) is 42.0 Å². The molecule has 0 spiro atoms. The van der Waals surface area contributed by atoms with Gasteiger partial charge in [0, 0.05) is 24.8 Å². The Morgan fingerprint density at radius 1 is 1.42 bits per heavy atom. The minimum absolute atomic E-state index is 0.143. The summed E-state index contributed by atoms with van der Waals surface area (Å²) in [7, 11) is 1.93. The van der Waals surface area contributed by atoms with Crippen molar-refractivity contribution in [1.29, 1.82) is 0 Å². The quantitative estimate of drug-likeness (QED) is 0.609. The van der Waals surface area contributed by atoms with Crippen LogP contribution in [-0.4, -0.2) is 24.8 Å². The number of hydrogen-bond acceptors (Lipinski definition) is 5. The molecule has 0 amide bonds. The first-order valence-corrected chi connectivity index (χ1v) is 6.44. The predicted octanol–water partition coefficient (Wildman–Crippen LogP) is 0.591. The Kier molecular flexibility index (Phi) is 3.96. The molecule has 0 fully saturated rings. The van der Waals surface area contributed by atoms with E-state index in [9.17, 15) is 0 Å². The summed E-state index contributed by atoms with van der Waals surface area (Å²) < 4.78 is 3.75. The molecule has 0 aliphatic carbocycles. The van der Waals surface area contributed by atoms with Crippen molar-refractivity contribution in [3.05, 3.63) is 28.8 Å². The minimum atomic E-state index is -0.143. The minimum Gasteiger partial charge on any atom is -0.272 e. The van der Waals surface area contributed by atoms with Gasteiger partial charge in [-0.3, -0.25) is 10.5 Å². The lowest BCUT2D eigenvalue weighted by Gasteiger charge is -2.17. The standard InChI is InChI=1S/C12H21N7/c1-5-6-19-10(7-14-17-19)12(15-13)11-8(2)16-18(4)9(11)3/h7,12,15H,5-6,13H2,1-4H3. The molecule has 1 atom stereocenters. The van der Waals surface area contributed by atoms with Crippen LogP contribution < -0.4 is 11.3 Å². The Morgan fingerprint density at radius 3 is 2.68 bits per heavy atom. The van der Waals surface area contributed by atoms with Gasteiger partial charge in [0.25, 0.3) is 0 Å². The van der Waals surface area contributed by atoms with E-state index >= 15 is 0 Å². The van der Waals surface area contributed by atoms with Gasteiger partial charge in [-0.05, 0) is 20.3 Å². The van der Waals surface area contributed by atoms with Gasteiger partial charge in [-0.15, -0.1) is 5.10 Å². The summed E-state index contributed by atoms with van der Waals surface area (Å²) in [6.45, 7) is 6.96. The lowest BCUT2D eigenvalue weighted by molar-refractivity contribution is 0.510. The normalized spacial score (nSPS) is 12.9. The lowest BCUT2D eigenvalue weighted by Crippen LogP contribution is -2.31. The zero-order valence-corrected chi connectivity index (χ0v) is 11.9. The zero-order valence-electron chi connectivity index (χ0n) is 11.9. The number of nitrogens with two attached hydrogens (primary N) is 1. The average molecular weight is 263 g/mol. The SMILES string of the molecule is CCCn1nncc1C(NN)c1c(C)nn(C)c1C. The van der Waals surface area contributed by atoms with E-state index < -0.39 is 0 Å². The van der Waals surface area contributed by atoms with Crippen molar-refractivity contribution in [3.63, 3.8) is 0 Å². The third kappa shape index (κ3) is 2.39. The Labute approximate surface area is 112 Å². The number of aromatic nitrogens is 5. The fraction of sp³-hybridized carbons (Fsp3) is 0.583. The van der Waals surface area contributed by atoms with Gasteiger partial charge < -0.3 is 0 Å². The number of nitrogens with zero attached hydrogens (tertiary/aromatic N) is 5. The maximum atomic E-state index is 5.75. The van der Waals surface area contributed by atoms with E-state index in [1.54, 1.807) is 6.20 Å². The van der Waals surface area contributed by atoms with E-state index in [4.69, 9.17) is 5.84 Å². The van der Waals surface area contributed by atoms with Crippen molar-refractivity contribution in [3.8, 4) is 0 Å². The van der Waals surface area contributed by atoms with E-state index in [0.29, 0.717) is 0 Å². The molecular weight excluding hydrogens is 242 g/mol. The van der Waals surface area contributed by atoms with Crippen molar-refractivity contribution < 1.29 is 0 Å². The molecule has 2 aromatic rings. The molecule has 104 valence electrons. The molecule has 2 aromatic heterocycles. The van der Waals surface area contributed by atoms with E-state index in [-0.39, 0.29) is 6.04 Å². The number of hydrazine groups is 1. The summed E-state index contributed by atoms with van der Waals surface area (Å²) in [5, 5.41) is 12.5. The maximum absolute atomic E-state index is 5.75. The summed E-state index contributed by atoms with van der Waals surface area (Å²) in [5.74, 6) is 5.75. The molecular formula is C12H21N7.